The van der Waals surface area contributed by atoms with E-state index in [1.54, 1.807) is 10.8 Å². The van der Waals surface area contributed by atoms with Gasteiger partial charge in [0.25, 0.3) is 0 Å². The first-order valence-electron chi connectivity index (χ1n) is 10.1. The fourth-order valence-electron chi connectivity index (χ4n) is 5.63. The van der Waals surface area contributed by atoms with Crippen LogP contribution in [-0.4, -0.2) is 8.07 Å². The molecule has 2 aliphatic carbocycles. The van der Waals surface area contributed by atoms with Crippen LogP contribution < -0.4 is 5.19 Å². The molecule has 0 saturated heterocycles. The molecule has 3 rings (SSSR count). The monoisotopic (exact) mass is 444 g/mol. The average molecular weight is 445 g/mol. The molecule has 0 heterocycles. The summed E-state index contributed by atoms with van der Waals surface area (Å²) in [4.78, 5) is 0. The summed E-state index contributed by atoms with van der Waals surface area (Å²) in [5.41, 5.74) is 8.17. The van der Waals surface area contributed by atoms with Crippen LogP contribution in [0.3, 0.4) is 0 Å². The molecule has 1 saturated carbocycles. The number of hydrogen-bond acceptors (Lipinski definition) is 0. The molecule has 0 bridgehead atoms. The van der Waals surface area contributed by atoms with E-state index in [2.05, 4.69) is 72.4 Å². The molecule has 2 aliphatic rings. The van der Waals surface area contributed by atoms with Gasteiger partial charge in [-0.15, -0.1) is 6.92 Å². The third-order valence-corrected chi connectivity index (χ3v) is 13.9. The molecular formula is C27H44SiTi. The predicted molar refractivity (Wildman–Crippen MR) is 132 cm³/mol. The molecule has 0 amide bonds. The molecule has 0 N–H and O–H groups in total. The second kappa shape index (κ2) is 11.3. The fraction of sp³-hybridized carbons (Fsp3) is 0.519. The Balaban J connectivity index is 0. The third kappa shape index (κ3) is 5.10. The fourth-order valence-corrected chi connectivity index (χ4v) is 11.5. The first kappa shape index (κ1) is 30.8. The predicted octanol–water partition coefficient (Wildman–Crippen LogP) is 8.13. The second-order valence-electron chi connectivity index (χ2n) is 9.04. The van der Waals surface area contributed by atoms with Gasteiger partial charge in [-0.2, -0.15) is 11.1 Å². The van der Waals surface area contributed by atoms with Crippen molar-refractivity contribution in [2.45, 2.75) is 90.8 Å². The molecular weight excluding hydrogens is 400 g/mol. The van der Waals surface area contributed by atoms with E-state index in [0.717, 1.165) is 5.54 Å². The summed E-state index contributed by atoms with van der Waals surface area (Å²) in [7, 11) is -1.82. The maximum Gasteiger partial charge on any atom is 4.00 e. The number of benzene rings is 1. The van der Waals surface area contributed by atoms with Crippen LogP contribution in [-0.2, 0) is 21.7 Å². The first-order chi connectivity index (χ1) is 11.7. The van der Waals surface area contributed by atoms with E-state index in [4.69, 9.17) is 0 Å². The van der Waals surface area contributed by atoms with Gasteiger partial charge in [-0.1, -0.05) is 99.0 Å². The van der Waals surface area contributed by atoms with E-state index in [9.17, 15) is 0 Å². The number of aryl methyl sites for hydroxylation is 2. The van der Waals surface area contributed by atoms with Gasteiger partial charge in [-0.25, -0.2) is 5.57 Å². The maximum atomic E-state index is 4.01. The van der Waals surface area contributed by atoms with Crippen molar-refractivity contribution >= 4 is 13.3 Å². The van der Waals surface area contributed by atoms with Crippen LogP contribution in [0.5, 0.6) is 0 Å². The summed E-state index contributed by atoms with van der Waals surface area (Å²) >= 11 is 0. The normalized spacial score (nSPS) is 23.6. The molecule has 1 aromatic rings. The van der Waals surface area contributed by atoms with E-state index in [-0.39, 0.29) is 49.0 Å². The van der Waals surface area contributed by atoms with Gasteiger partial charge < -0.3 is 22.3 Å². The Kier molecular flexibility index (Phi) is 12.0. The summed E-state index contributed by atoms with van der Waals surface area (Å²) in [6.45, 7) is 16.7. The first-order valence-corrected chi connectivity index (χ1v) is 12.7. The summed E-state index contributed by atoms with van der Waals surface area (Å²) in [5, 5.41) is 1.79. The van der Waals surface area contributed by atoms with Crippen molar-refractivity contribution in [3.8, 4) is 0 Å². The minimum Gasteiger partial charge on any atom is -0.358 e. The number of allylic oxidation sites excluding steroid dienone is 4. The van der Waals surface area contributed by atoms with E-state index in [0.29, 0.717) is 0 Å². The van der Waals surface area contributed by atoms with Crippen LogP contribution in [0.1, 0.15) is 70.9 Å². The van der Waals surface area contributed by atoms with Gasteiger partial charge in [0.1, 0.15) is 0 Å². The van der Waals surface area contributed by atoms with Crippen LogP contribution in [0.2, 0.25) is 17.1 Å². The third-order valence-electron chi connectivity index (χ3n) is 7.59. The zero-order valence-corrected chi connectivity index (χ0v) is 23.4. The Morgan fingerprint density at radius 2 is 1.34 bits per heavy atom. The number of hydrogen-bond donors (Lipinski definition) is 0. The summed E-state index contributed by atoms with van der Waals surface area (Å²) in [6, 6.07) is 7.35. The SMILES string of the molecule is CC1=[C-]C(C)([Si](C)(c2cc(C)cc(C)c2)C2CCCCC2)C(C)=C1C.[CH3-].[CH3-].[CH3-].[Ti+4]. The van der Waals surface area contributed by atoms with Gasteiger partial charge in [-0.3, -0.25) is 6.08 Å². The Labute approximate surface area is 199 Å². The molecule has 2 unspecified atom stereocenters. The molecule has 1 fully saturated rings. The molecule has 2 atom stereocenters. The maximum absolute atomic E-state index is 4.01. The largest absolute Gasteiger partial charge is 4.00 e. The molecule has 29 heavy (non-hydrogen) atoms. The average Bonchev–Trinajstić information content (AvgIpc) is 2.78. The number of rotatable bonds is 3. The minimum absolute atomic E-state index is 0. The zero-order valence-electron chi connectivity index (χ0n) is 20.8. The van der Waals surface area contributed by atoms with Crippen molar-refractivity contribution < 1.29 is 21.7 Å². The van der Waals surface area contributed by atoms with Crippen molar-refractivity contribution in [3.63, 3.8) is 0 Å². The van der Waals surface area contributed by atoms with Gasteiger partial charge in [0.05, 0.1) is 8.07 Å². The van der Waals surface area contributed by atoms with Gasteiger partial charge in [0.15, 0.2) is 0 Å². The van der Waals surface area contributed by atoms with Gasteiger partial charge in [0, 0.05) is 0 Å². The van der Waals surface area contributed by atoms with Crippen LogP contribution in [0.25, 0.3) is 0 Å². The molecule has 2 heteroatoms. The minimum atomic E-state index is -1.82. The molecule has 0 radical (unpaired) electrons. The van der Waals surface area contributed by atoms with Crippen LogP contribution in [0, 0.1) is 42.2 Å². The van der Waals surface area contributed by atoms with Crippen molar-refractivity contribution in [3.05, 3.63) is 74.4 Å². The quantitative estimate of drug-likeness (QED) is 0.326. The summed E-state index contributed by atoms with van der Waals surface area (Å²) in [5.74, 6) is 0. The van der Waals surface area contributed by atoms with Gasteiger partial charge in [0.2, 0.25) is 0 Å². The van der Waals surface area contributed by atoms with Crippen LogP contribution in [0.4, 0.5) is 0 Å². The summed E-state index contributed by atoms with van der Waals surface area (Å²) < 4.78 is 0. The van der Waals surface area contributed by atoms with E-state index >= 15 is 0 Å². The smallest absolute Gasteiger partial charge is 0.358 e. The Hall–Kier alpha value is -0.369. The van der Waals surface area contributed by atoms with Crippen LogP contribution in [0.15, 0.2) is 34.9 Å². The Bertz CT molecular complexity index is 719. The Morgan fingerprint density at radius 1 is 0.862 bits per heavy atom. The van der Waals surface area contributed by atoms with E-state index < -0.39 is 8.07 Å². The van der Waals surface area contributed by atoms with Crippen molar-refractivity contribution in [2.24, 2.45) is 0 Å². The molecule has 0 aromatic heterocycles. The molecule has 0 nitrogen and oxygen atoms in total. The molecule has 1 aromatic carbocycles. The van der Waals surface area contributed by atoms with Crippen molar-refractivity contribution in [1.29, 1.82) is 0 Å². The molecule has 0 aliphatic heterocycles. The van der Waals surface area contributed by atoms with Gasteiger partial charge >= 0.3 is 21.7 Å². The zero-order chi connectivity index (χ0) is 18.4. The van der Waals surface area contributed by atoms with E-state index in [1.165, 1.54) is 54.4 Å². The molecule has 160 valence electrons. The topological polar surface area (TPSA) is 0 Å². The van der Waals surface area contributed by atoms with Crippen molar-refractivity contribution in [2.75, 3.05) is 0 Å². The Morgan fingerprint density at radius 3 is 1.76 bits per heavy atom. The standard InChI is InChI=1S/C24H35Si.3CH3.Ti/c1-17-13-18(2)15-23(14-17)25(7,22-11-9-8-10-12-22)24(6)16-19(3)20(4)21(24)5;;;;/h13-15,22H,8-12H2,1-7H3;3*1H3;/q4*-1;+4. The summed E-state index contributed by atoms with van der Waals surface area (Å²) in [6.07, 6.45) is 11.1. The van der Waals surface area contributed by atoms with Gasteiger partial charge in [-0.05, 0) is 19.4 Å². The van der Waals surface area contributed by atoms with Crippen molar-refractivity contribution in [1.82, 2.24) is 0 Å². The second-order valence-corrected chi connectivity index (χ2v) is 13.8. The molecule has 0 spiro atoms. The van der Waals surface area contributed by atoms with E-state index in [1.807, 2.05) is 0 Å². The van der Waals surface area contributed by atoms with Crippen LogP contribution >= 0.6 is 0 Å².